The van der Waals surface area contributed by atoms with Crippen LogP contribution in [0.5, 0.6) is 5.75 Å². The molecule has 1 saturated carbocycles. The summed E-state index contributed by atoms with van der Waals surface area (Å²) in [5.41, 5.74) is 0.644. The monoisotopic (exact) mass is 298 g/mol. The van der Waals surface area contributed by atoms with Gasteiger partial charge in [0.2, 0.25) is 0 Å². The molecule has 0 saturated heterocycles. The first-order chi connectivity index (χ1) is 10.3. The van der Waals surface area contributed by atoms with Crippen LogP contribution >= 0.6 is 11.3 Å². The highest BCUT2D eigenvalue weighted by atomic mass is 32.1. The summed E-state index contributed by atoms with van der Waals surface area (Å²) >= 11 is 1.81. The van der Waals surface area contributed by atoms with Crippen molar-refractivity contribution >= 4 is 11.3 Å². The zero-order valence-electron chi connectivity index (χ0n) is 11.9. The molecule has 1 aromatic carbocycles. The fourth-order valence-corrected chi connectivity index (χ4v) is 3.10. The third-order valence-electron chi connectivity index (χ3n) is 3.61. The average Bonchev–Trinajstić information content (AvgIpc) is 3.24. The normalized spacial score (nSPS) is 14.1. The summed E-state index contributed by atoms with van der Waals surface area (Å²) in [5, 5.41) is 11.0. The molecule has 0 amide bonds. The van der Waals surface area contributed by atoms with Crippen LogP contribution in [0.25, 0.3) is 0 Å². The topological polar surface area (TPSA) is 36.3 Å². The summed E-state index contributed by atoms with van der Waals surface area (Å²) < 4.78 is 5.79. The van der Waals surface area contributed by atoms with Gasteiger partial charge in [-0.1, -0.05) is 12.1 Å². The van der Waals surface area contributed by atoms with Gasteiger partial charge in [0.15, 0.2) is 0 Å². The number of hydrogen-bond donors (Lipinski definition) is 0. The summed E-state index contributed by atoms with van der Waals surface area (Å²) in [6.07, 6.45) is 2.60. The predicted octanol–water partition coefficient (Wildman–Crippen LogP) is 3.66. The first kappa shape index (κ1) is 14.1. The lowest BCUT2D eigenvalue weighted by molar-refractivity contribution is 0.196. The highest BCUT2D eigenvalue weighted by Gasteiger charge is 2.28. The van der Waals surface area contributed by atoms with E-state index in [0.29, 0.717) is 12.2 Å². The van der Waals surface area contributed by atoms with Crippen LogP contribution in [0.4, 0.5) is 0 Å². The van der Waals surface area contributed by atoms with E-state index in [1.165, 1.54) is 17.7 Å². The molecule has 21 heavy (non-hydrogen) atoms. The molecule has 0 spiro atoms. The van der Waals surface area contributed by atoms with Gasteiger partial charge in [0.05, 0.1) is 11.6 Å². The molecular formula is C17H18N2OS. The van der Waals surface area contributed by atoms with Gasteiger partial charge in [-0.05, 0) is 42.5 Å². The van der Waals surface area contributed by atoms with Gasteiger partial charge in [-0.15, -0.1) is 11.3 Å². The Labute approximate surface area is 129 Å². The second kappa shape index (κ2) is 6.75. The molecule has 0 atom stereocenters. The van der Waals surface area contributed by atoms with Crippen molar-refractivity contribution in [3.05, 3.63) is 52.2 Å². The molecule has 3 nitrogen and oxygen atoms in total. The van der Waals surface area contributed by atoms with Crippen LogP contribution < -0.4 is 4.74 Å². The van der Waals surface area contributed by atoms with E-state index >= 15 is 0 Å². The molecule has 1 aliphatic carbocycles. The first-order valence-electron chi connectivity index (χ1n) is 7.24. The molecule has 2 aromatic rings. The van der Waals surface area contributed by atoms with Crippen molar-refractivity contribution in [1.82, 2.24) is 4.90 Å². The highest BCUT2D eigenvalue weighted by Crippen LogP contribution is 2.28. The number of benzene rings is 1. The Bertz CT molecular complexity index is 614. The van der Waals surface area contributed by atoms with Crippen molar-refractivity contribution in [2.75, 3.05) is 13.2 Å². The van der Waals surface area contributed by atoms with Crippen molar-refractivity contribution < 1.29 is 4.74 Å². The SMILES string of the molecule is N#Cc1cccc(OCCN(Cc2cccs2)C2CC2)c1. The Morgan fingerprint density at radius 3 is 2.90 bits per heavy atom. The Kier molecular flexibility index (Phi) is 4.54. The highest BCUT2D eigenvalue weighted by molar-refractivity contribution is 7.09. The molecule has 0 N–H and O–H groups in total. The number of nitrogens with zero attached hydrogens (tertiary/aromatic N) is 2. The molecular weight excluding hydrogens is 280 g/mol. The maximum Gasteiger partial charge on any atom is 0.120 e. The zero-order valence-corrected chi connectivity index (χ0v) is 12.7. The molecule has 3 rings (SSSR count). The van der Waals surface area contributed by atoms with Gasteiger partial charge in [0.25, 0.3) is 0 Å². The van der Waals surface area contributed by atoms with Gasteiger partial charge >= 0.3 is 0 Å². The number of nitriles is 1. The van der Waals surface area contributed by atoms with E-state index in [-0.39, 0.29) is 0 Å². The second-order valence-corrected chi connectivity index (χ2v) is 6.30. The summed E-state index contributed by atoms with van der Waals surface area (Å²) in [6, 6.07) is 14.5. The Balaban J connectivity index is 1.51. The van der Waals surface area contributed by atoms with Crippen LogP contribution in [0.2, 0.25) is 0 Å². The Hall–Kier alpha value is -1.83. The molecule has 0 bridgehead atoms. The molecule has 1 aromatic heterocycles. The van der Waals surface area contributed by atoms with Crippen LogP contribution in [0, 0.1) is 11.3 Å². The molecule has 0 aliphatic heterocycles. The second-order valence-electron chi connectivity index (χ2n) is 5.27. The molecule has 1 heterocycles. The third-order valence-corrected chi connectivity index (χ3v) is 4.47. The minimum absolute atomic E-state index is 0.644. The number of thiophene rings is 1. The zero-order chi connectivity index (χ0) is 14.5. The molecule has 0 radical (unpaired) electrons. The van der Waals surface area contributed by atoms with Gasteiger partial charge in [-0.2, -0.15) is 5.26 Å². The summed E-state index contributed by atoms with van der Waals surface area (Å²) in [4.78, 5) is 3.91. The first-order valence-corrected chi connectivity index (χ1v) is 8.12. The van der Waals surface area contributed by atoms with E-state index in [9.17, 15) is 0 Å². The van der Waals surface area contributed by atoms with E-state index in [1.807, 2.05) is 23.5 Å². The predicted molar refractivity (Wildman–Crippen MR) is 84.4 cm³/mol. The average molecular weight is 298 g/mol. The number of hydrogen-bond acceptors (Lipinski definition) is 4. The van der Waals surface area contributed by atoms with E-state index in [4.69, 9.17) is 10.00 Å². The molecule has 0 unspecified atom stereocenters. The van der Waals surface area contributed by atoms with Gasteiger partial charge in [-0.3, -0.25) is 4.90 Å². The van der Waals surface area contributed by atoms with E-state index < -0.39 is 0 Å². The fourth-order valence-electron chi connectivity index (χ4n) is 2.37. The van der Waals surface area contributed by atoms with Crippen molar-refractivity contribution in [2.45, 2.75) is 25.4 Å². The van der Waals surface area contributed by atoms with E-state index in [1.54, 1.807) is 12.1 Å². The number of ether oxygens (including phenoxy) is 1. The maximum atomic E-state index is 8.89. The lowest BCUT2D eigenvalue weighted by Gasteiger charge is -2.21. The van der Waals surface area contributed by atoms with Gasteiger partial charge in [0, 0.05) is 24.0 Å². The quantitative estimate of drug-likeness (QED) is 0.782. The standard InChI is InChI=1S/C17H18N2OS/c18-12-14-3-1-4-16(11-14)20-9-8-19(15-6-7-15)13-17-5-2-10-21-17/h1-5,10-11,15H,6-9,13H2. The van der Waals surface area contributed by atoms with Crippen LogP contribution in [0.15, 0.2) is 41.8 Å². The lowest BCUT2D eigenvalue weighted by atomic mass is 10.2. The minimum Gasteiger partial charge on any atom is -0.492 e. The van der Waals surface area contributed by atoms with Crippen molar-refractivity contribution in [2.24, 2.45) is 0 Å². The van der Waals surface area contributed by atoms with Crippen molar-refractivity contribution in [3.8, 4) is 11.8 Å². The van der Waals surface area contributed by atoms with Gasteiger partial charge in [-0.25, -0.2) is 0 Å². The summed E-state index contributed by atoms with van der Waals surface area (Å²) in [6.45, 7) is 2.61. The molecule has 1 aliphatic rings. The lowest BCUT2D eigenvalue weighted by Crippen LogP contribution is -2.29. The molecule has 1 fully saturated rings. The minimum atomic E-state index is 0.644. The number of rotatable bonds is 7. The van der Waals surface area contributed by atoms with Crippen LogP contribution in [0.3, 0.4) is 0 Å². The van der Waals surface area contributed by atoms with Gasteiger partial charge < -0.3 is 4.74 Å². The largest absolute Gasteiger partial charge is 0.492 e. The van der Waals surface area contributed by atoms with Crippen molar-refractivity contribution in [3.63, 3.8) is 0 Å². The summed E-state index contributed by atoms with van der Waals surface area (Å²) in [5.74, 6) is 0.779. The third kappa shape index (κ3) is 4.07. The van der Waals surface area contributed by atoms with Gasteiger partial charge in [0.1, 0.15) is 12.4 Å². The van der Waals surface area contributed by atoms with Crippen LogP contribution in [-0.4, -0.2) is 24.1 Å². The van der Waals surface area contributed by atoms with Crippen LogP contribution in [0.1, 0.15) is 23.3 Å². The smallest absolute Gasteiger partial charge is 0.120 e. The Morgan fingerprint density at radius 1 is 1.29 bits per heavy atom. The van der Waals surface area contributed by atoms with Crippen LogP contribution in [-0.2, 0) is 6.54 Å². The molecule has 108 valence electrons. The Morgan fingerprint density at radius 2 is 2.19 bits per heavy atom. The fraction of sp³-hybridized carbons (Fsp3) is 0.353. The van der Waals surface area contributed by atoms with Crippen molar-refractivity contribution in [1.29, 1.82) is 5.26 Å². The van der Waals surface area contributed by atoms with E-state index in [2.05, 4.69) is 28.5 Å². The maximum absolute atomic E-state index is 8.89. The summed E-state index contributed by atoms with van der Waals surface area (Å²) in [7, 11) is 0. The molecule has 4 heteroatoms. The van der Waals surface area contributed by atoms with E-state index in [0.717, 1.165) is 24.9 Å².